The minimum Gasteiger partial charge on any atom is -0.481 e. The summed E-state index contributed by atoms with van der Waals surface area (Å²) >= 11 is 0. The molecule has 0 fully saturated rings. The van der Waals surface area contributed by atoms with Crippen LogP contribution < -0.4 is 5.73 Å². The summed E-state index contributed by atoms with van der Waals surface area (Å²) in [5.41, 5.74) is 8.21. The molecule has 2 aromatic carbocycles. The third-order valence-electron chi connectivity index (χ3n) is 4.68. The SMILES string of the molecule is C=C(C)C(=O)OCCOC(=O)/C=C/c1ccc(N)cc1.C=C(C)C(=O)OCCOC(=O)/C=C/c1ccc([N+](=O)[O-])cc1.CC(=O)O. The number of carbonyl (C=O) groups is 5. The molecule has 0 spiro atoms. The van der Waals surface area contributed by atoms with Crippen LogP contribution in [0, 0.1) is 10.1 Å². The molecule has 46 heavy (non-hydrogen) atoms. The molecule has 0 radical (unpaired) electrons. The number of ether oxygens (including phenoxy) is 4. The Balaban J connectivity index is 0.000000791. The van der Waals surface area contributed by atoms with E-state index in [1.807, 2.05) is 0 Å². The van der Waals surface area contributed by atoms with Crippen LogP contribution in [0.15, 0.2) is 85.0 Å². The predicted molar refractivity (Wildman–Crippen MR) is 169 cm³/mol. The minimum atomic E-state index is -0.833. The first-order chi connectivity index (χ1) is 21.6. The van der Waals surface area contributed by atoms with E-state index in [-0.39, 0.29) is 37.7 Å². The molecule has 0 amide bonds. The van der Waals surface area contributed by atoms with Crippen molar-refractivity contribution < 1.29 is 52.9 Å². The lowest BCUT2D eigenvalue weighted by Gasteiger charge is -2.04. The van der Waals surface area contributed by atoms with Crippen molar-refractivity contribution in [1.82, 2.24) is 0 Å². The number of rotatable bonds is 13. The highest BCUT2D eigenvalue weighted by atomic mass is 16.6. The first kappa shape index (κ1) is 40.0. The largest absolute Gasteiger partial charge is 0.481 e. The summed E-state index contributed by atoms with van der Waals surface area (Å²) in [6, 6.07) is 12.7. The Bertz CT molecular complexity index is 1420. The molecular weight excluding hydrogens is 604 g/mol. The van der Waals surface area contributed by atoms with E-state index in [1.54, 1.807) is 37.3 Å². The first-order valence-corrected chi connectivity index (χ1v) is 13.3. The molecule has 0 aliphatic carbocycles. The van der Waals surface area contributed by atoms with Crippen molar-refractivity contribution in [3.05, 3.63) is 106 Å². The van der Waals surface area contributed by atoms with E-state index in [2.05, 4.69) is 13.2 Å². The van der Waals surface area contributed by atoms with Gasteiger partial charge in [-0.15, -0.1) is 0 Å². The summed E-state index contributed by atoms with van der Waals surface area (Å²) in [6.07, 6.45) is 5.56. The monoisotopic (exact) mass is 640 g/mol. The second-order valence-electron chi connectivity index (χ2n) is 8.87. The number of nitrogens with two attached hydrogens (primary N) is 1. The maximum absolute atomic E-state index is 11.4. The number of esters is 4. The molecule has 0 bridgehead atoms. The Morgan fingerprint density at radius 1 is 0.717 bits per heavy atom. The molecule has 2 aromatic rings. The summed E-state index contributed by atoms with van der Waals surface area (Å²) in [4.78, 5) is 63.8. The highest BCUT2D eigenvalue weighted by Gasteiger charge is 2.05. The molecule has 0 saturated heterocycles. The third kappa shape index (κ3) is 20.8. The van der Waals surface area contributed by atoms with Crippen LogP contribution in [0.5, 0.6) is 0 Å². The Hall–Kier alpha value is -6.05. The van der Waals surface area contributed by atoms with E-state index < -0.39 is 34.8 Å². The zero-order chi connectivity index (χ0) is 35.1. The predicted octanol–water partition coefficient (Wildman–Crippen LogP) is 4.31. The number of non-ortho nitro benzene ring substituents is 1. The number of carboxylic acids is 1. The van der Waals surface area contributed by atoms with Crippen LogP contribution in [0.2, 0.25) is 0 Å². The number of aliphatic carboxylic acids is 1. The van der Waals surface area contributed by atoms with Crippen molar-refractivity contribution in [2.45, 2.75) is 20.8 Å². The normalized spacial score (nSPS) is 9.89. The van der Waals surface area contributed by atoms with E-state index in [9.17, 15) is 29.3 Å². The van der Waals surface area contributed by atoms with E-state index in [4.69, 9.17) is 34.6 Å². The lowest BCUT2D eigenvalue weighted by molar-refractivity contribution is -0.384. The molecule has 0 aliphatic heterocycles. The Labute approximate surface area is 265 Å². The van der Waals surface area contributed by atoms with E-state index in [0.29, 0.717) is 16.8 Å². The zero-order valence-electron chi connectivity index (χ0n) is 25.6. The van der Waals surface area contributed by atoms with Crippen molar-refractivity contribution >= 4 is 53.4 Å². The molecule has 0 atom stereocenters. The van der Waals surface area contributed by atoms with Crippen LogP contribution in [0.1, 0.15) is 31.9 Å². The zero-order valence-corrected chi connectivity index (χ0v) is 25.6. The summed E-state index contributed by atoms with van der Waals surface area (Å²) in [7, 11) is 0. The van der Waals surface area contributed by atoms with Crippen molar-refractivity contribution in [2.75, 3.05) is 32.2 Å². The fraction of sp³-hybridized carbons (Fsp3) is 0.219. The van der Waals surface area contributed by atoms with Crippen molar-refractivity contribution in [2.24, 2.45) is 0 Å². The molecule has 0 unspecified atom stereocenters. The van der Waals surface area contributed by atoms with Gasteiger partial charge in [0.25, 0.3) is 11.7 Å². The molecule has 246 valence electrons. The quantitative estimate of drug-likeness (QED) is 0.0595. The van der Waals surface area contributed by atoms with E-state index in [0.717, 1.165) is 12.5 Å². The van der Waals surface area contributed by atoms with Gasteiger partial charge in [-0.1, -0.05) is 25.3 Å². The van der Waals surface area contributed by atoms with Crippen molar-refractivity contribution in [3.63, 3.8) is 0 Å². The molecular formula is C32H36N2O12. The number of nitro groups is 1. The van der Waals surface area contributed by atoms with Gasteiger partial charge in [0.2, 0.25) is 0 Å². The van der Waals surface area contributed by atoms with Crippen LogP contribution in [-0.4, -0.2) is 66.3 Å². The molecule has 0 aromatic heterocycles. The molecule has 2 rings (SSSR count). The van der Waals surface area contributed by atoms with Gasteiger partial charge in [-0.2, -0.15) is 0 Å². The number of hydrogen-bond donors (Lipinski definition) is 2. The number of hydrogen-bond acceptors (Lipinski definition) is 12. The van der Waals surface area contributed by atoms with Gasteiger partial charge in [-0.05, 0) is 61.4 Å². The van der Waals surface area contributed by atoms with Crippen molar-refractivity contribution in [1.29, 1.82) is 0 Å². The Kier molecular flexibility index (Phi) is 19.5. The number of carbonyl (C=O) groups excluding carboxylic acids is 4. The molecule has 3 N–H and O–H groups in total. The average molecular weight is 641 g/mol. The van der Waals surface area contributed by atoms with Gasteiger partial charge >= 0.3 is 23.9 Å². The van der Waals surface area contributed by atoms with Gasteiger partial charge in [0, 0.05) is 48.0 Å². The Morgan fingerprint density at radius 2 is 1.04 bits per heavy atom. The molecule has 14 heteroatoms. The maximum Gasteiger partial charge on any atom is 0.333 e. The second-order valence-corrected chi connectivity index (χ2v) is 8.87. The maximum atomic E-state index is 11.4. The van der Waals surface area contributed by atoms with Gasteiger partial charge in [0.15, 0.2) is 0 Å². The summed E-state index contributed by atoms with van der Waals surface area (Å²) in [5.74, 6) is -2.99. The van der Waals surface area contributed by atoms with Gasteiger partial charge in [0.1, 0.15) is 26.4 Å². The van der Waals surface area contributed by atoms with Gasteiger partial charge in [0.05, 0.1) is 4.92 Å². The number of nitro benzene ring substituents is 1. The third-order valence-corrected chi connectivity index (χ3v) is 4.68. The first-order valence-electron chi connectivity index (χ1n) is 13.3. The number of nitrogen functional groups attached to an aromatic ring is 1. The lowest BCUT2D eigenvalue weighted by Crippen LogP contribution is -2.12. The number of carboxylic acid groups (broad SMARTS) is 1. The lowest BCUT2D eigenvalue weighted by atomic mass is 10.2. The number of anilines is 1. The van der Waals surface area contributed by atoms with Crippen molar-refractivity contribution in [3.8, 4) is 0 Å². The van der Waals surface area contributed by atoms with Gasteiger partial charge in [-0.25, -0.2) is 19.2 Å². The van der Waals surface area contributed by atoms with E-state index >= 15 is 0 Å². The van der Waals surface area contributed by atoms with Crippen LogP contribution in [-0.2, 0) is 42.9 Å². The topological polar surface area (TPSA) is 212 Å². The highest BCUT2D eigenvalue weighted by Crippen LogP contribution is 2.13. The van der Waals surface area contributed by atoms with Crippen LogP contribution in [0.4, 0.5) is 11.4 Å². The molecule has 14 nitrogen and oxygen atoms in total. The fourth-order valence-electron chi connectivity index (χ4n) is 2.54. The molecule has 0 heterocycles. The summed E-state index contributed by atoms with van der Waals surface area (Å²) in [5, 5.41) is 17.9. The Morgan fingerprint density at radius 3 is 1.37 bits per heavy atom. The standard InChI is InChI=1S/C15H15NO6.C15H17NO4.C2H4O2/c1-11(2)15(18)22-10-9-21-14(17)8-5-12-3-6-13(7-4-12)16(19)20;1-11(2)15(18)20-10-9-19-14(17)8-5-12-3-6-13(16)7-4-12;1-2(3)4/h3-8H,1,9-10H2,2H3;3-8H,1,9-10,16H2,2H3;1H3,(H,3,4)/b2*8-5+;. The summed E-state index contributed by atoms with van der Waals surface area (Å²) < 4.78 is 19.2. The fourth-order valence-corrected chi connectivity index (χ4v) is 2.54. The average Bonchev–Trinajstić information content (AvgIpc) is 3.00. The molecule has 0 aliphatic rings. The van der Waals surface area contributed by atoms with Crippen LogP contribution in [0.25, 0.3) is 12.2 Å². The highest BCUT2D eigenvalue weighted by molar-refractivity contribution is 5.88. The smallest absolute Gasteiger partial charge is 0.333 e. The second kappa shape index (κ2) is 22.5. The van der Waals surface area contributed by atoms with E-state index in [1.165, 1.54) is 49.4 Å². The van der Waals surface area contributed by atoms with Gasteiger partial charge in [-0.3, -0.25) is 14.9 Å². The number of benzene rings is 2. The molecule has 0 saturated carbocycles. The van der Waals surface area contributed by atoms with Gasteiger partial charge < -0.3 is 29.8 Å². The summed E-state index contributed by atoms with van der Waals surface area (Å²) in [6.45, 7) is 10.9. The van der Waals surface area contributed by atoms with Crippen LogP contribution >= 0.6 is 0 Å². The number of nitrogens with zero attached hydrogens (tertiary/aromatic N) is 1. The van der Waals surface area contributed by atoms with Crippen LogP contribution in [0.3, 0.4) is 0 Å². The minimum absolute atomic E-state index is 0.00390.